The molecule has 20 heavy (non-hydrogen) atoms. The number of carbonyl (C=O) groups excluding carboxylic acids is 2. The van der Waals surface area contributed by atoms with Crippen LogP contribution in [0.1, 0.15) is 60.3 Å². The molecule has 0 heterocycles. The van der Waals surface area contributed by atoms with Crippen molar-refractivity contribution in [2.24, 2.45) is 5.92 Å². The van der Waals surface area contributed by atoms with Crippen molar-refractivity contribution in [3.8, 4) is 0 Å². The second kappa shape index (κ2) is 6.95. The summed E-state index contributed by atoms with van der Waals surface area (Å²) in [6.07, 6.45) is 2.93. The maximum atomic E-state index is 11.9. The molecule has 5 heteroatoms. The minimum Gasteiger partial charge on any atom is -0.444 e. The van der Waals surface area contributed by atoms with Gasteiger partial charge in [-0.05, 0) is 60.3 Å². The van der Waals surface area contributed by atoms with Crippen molar-refractivity contribution >= 4 is 12.0 Å². The van der Waals surface area contributed by atoms with E-state index < -0.39 is 5.60 Å². The molecule has 0 aromatic carbocycles. The zero-order valence-corrected chi connectivity index (χ0v) is 13.3. The Hall–Kier alpha value is -1.26. The monoisotopic (exact) mass is 284 g/mol. The van der Waals surface area contributed by atoms with E-state index >= 15 is 0 Å². The maximum Gasteiger partial charge on any atom is 0.407 e. The Morgan fingerprint density at radius 3 is 2.10 bits per heavy atom. The van der Waals surface area contributed by atoms with Crippen LogP contribution in [0.5, 0.6) is 0 Å². The molecule has 0 aromatic rings. The molecular weight excluding hydrogens is 256 g/mol. The Kier molecular flexibility index (Phi) is 5.84. The molecule has 0 atom stereocenters. The van der Waals surface area contributed by atoms with Crippen LogP contribution in [0, 0.1) is 5.92 Å². The Bertz CT molecular complexity index is 340. The summed E-state index contributed by atoms with van der Waals surface area (Å²) in [4.78, 5) is 23.6. The van der Waals surface area contributed by atoms with Crippen LogP contribution in [0.2, 0.25) is 0 Å². The summed E-state index contributed by atoms with van der Waals surface area (Å²) < 4.78 is 5.24. The van der Waals surface area contributed by atoms with E-state index in [-0.39, 0.29) is 30.0 Å². The molecule has 0 aliphatic heterocycles. The number of alkyl carbamates (subject to hydrolysis) is 1. The van der Waals surface area contributed by atoms with E-state index in [0.717, 1.165) is 25.7 Å². The minimum absolute atomic E-state index is 0.0779. The molecule has 1 aliphatic carbocycles. The molecule has 5 nitrogen and oxygen atoms in total. The third-order valence-electron chi connectivity index (χ3n) is 3.25. The summed E-state index contributed by atoms with van der Waals surface area (Å²) in [5, 5.41) is 5.83. The van der Waals surface area contributed by atoms with Gasteiger partial charge < -0.3 is 15.4 Å². The quantitative estimate of drug-likeness (QED) is 0.837. The number of rotatable bonds is 3. The fourth-order valence-electron chi connectivity index (χ4n) is 2.38. The lowest BCUT2D eigenvalue weighted by molar-refractivity contribution is -0.126. The van der Waals surface area contributed by atoms with Crippen LogP contribution in [-0.2, 0) is 9.53 Å². The Morgan fingerprint density at radius 2 is 1.65 bits per heavy atom. The van der Waals surface area contributed by atoms with E-state index in [1.807, 2.05) is 34.6 Å². The molecular formula is C15H28N2O3. The first-order valence-electron chi connectivity index (χ1n) is 7.47. The number of ether oxygens (including phenoxy) is 1. The van der Waals surface area contributed by atoms with Gasteiger partial charge in [-0.1, -0.05) is 0 Å². The molecule has 0 saturated heterocycles. The van der Waals surface area contributed by atoms with E-state index in [4.69, 9.17) is 4.74 Å². The normalized spacial score (nSPS) is 23.3. The second-order valence-corrected chi connectivity index (χ2v) is 6.86. The number of amides is 2. The molecule has 1 fully saturated rings. The van der Waals surface area contributed by atoms with E-state index in [0.29, 0.717) is 0 Å². The lowest BCUT2D eigenvalue weighted by atomic mass is 9.85. The van der Waals surface area contributed by atoms with Crippen molar-refractivity contribution in [3.63, 3.8) is 0 Å². The van der Waals surface area contributed by atoms with Crippen molar-refractivity contribution < 1.29 is 14.3 Å². The van der Waals surface area contributed by atoms with Crippen LogP contribution in [-0.4, -0.2) is 29.7 Å². The molecule has 1 aliphatic rings. The summed E-state index contributed by atoms with van der Waals surface area (Å²) >= 11 is 0. The van der Waals surface area contributed by atoms with E-state index in [9.17, 15) is 9.59 Å². The molecule has 1 rings (SSSR count). The topological polar surface area (TPSA) is 67.4 Å². The van der Waals surface area contributed by atoms with Gasteiger partial charge in [0.05, 0.1) is 0 Å². The van der Waals surface area contributed by atoms with Crippen LogP contribution < -0.4 is 10.6 Å². The molecule has 116 valence electrons. The van der Waals surface area contributed by atoms with Crippen molar-refractivity contribution in [3.05, 3.63) is 0 Å². The number of carbonyl (C=O) groups is 2. The van der Waals surface area contributed by atoms with Gasteiger partial charge in [0.25, 0.3) is 0 Å². The SMILES string of the molecule is CC(C)NC(=O)C1CCC(NC(=O)OC(C)(C)C)CC1. The van der Waals surface area contributed by atoms with Crippen molar-refractivity contribution in [1.29, 1.82) is 0 Å². The first-order chi connectivity index (χ1) is 9.17. The van der Waals surface area contributed by atoms with Gasteiger partial charge in [-0.3, -0.25) is 4.79 Å². The molecule has 0 bridgehead atoms. The smallest absolute Gasteiger partial charge is 0.407 e. The maximum absolute atomic E-state index is 11.9. The molecule has 0 spiro atoms. The van der Waals surface area contributed by atoms with Gasteiger partial charge in [-0.2, -0.15) is 0 Å². The van der Waals surface area contributed by atoms with Crippen LogP contribution in [0.25, 0.3) is 0 Å². The summed E-state index contributed by atoms with van der Waals surface area (Å²) in [5.74, 6) is 0.213. The van der Waals surface area contributed by atoms with Crippen molar-refractivity contribution in [1.82, 2.24) is 10.6 Å². The summed E-state index contributed by atoms with van der Waals surface area (Å²) in [7, 11) is 0. The fourth-order valence-corrected chi connectivity index (χ4v) is 2.38. The van der Waals surface area contributed by atoms with Gasteiger partial charge in [-0.15, -0.1) is 0 Å². The Morgan fingerprint density at radius 1 is 1.10 bits per heavy atom. The minimum atomic E-state index is -0.474. The van der Waals surface area contributed by atoms with Crippen LogP contribution in [0.3, 0.4) is 0 Å². The van der Waals surface area contributed by atoms with Crippen molar-refractivity contribution in [2.75, 3.05) is 0 Å². The van der Waals surface area contributed by atoms with E-state index in [1.165, 1.54) is 0 Å². The summed E-state index contributed by atoms with van der Waals surface area (Å²) in [6.45, 7) is 9.47. The molecule has 2 amide bonds. The predicted molar refractivity (Wildman–Crippen MR) is 78.4 cm³/mol. The summed E-state index contributed by atoms with van der Waals surface area (Å²) in [6, 6.07) is 0.299. The highest BCUT2D eigenvalue weighted by Crippen LogP contribution is 2.24. The van der Waals surface area contributed by atoms with Gasteiger partial charge in [0.2, 0.25) is 5.91 Å². The highest BCUT2D eigenvalue weighted by Gasteiger charge is 2.28. The second-order valence-electron chi connectivity index (χ2n) is 6.86. The fraction of sp³-hybridized carbons (Fsp3) is 0.867. The first-order valence-corrected chi connectivity index (χ1v) is 7.47. The standard InChI is InChI=1S/C15H28N2O3/c1-10(2)16-13(18)11-6-8-12(9-7-11)17-14(19)20-15(3,4)5/h10-12H,6-9H2,1-5H3,(H,16,18)(H,17,19). The Labute approximate surface area is 121 Å². The zero-order chi connectivity index (χ0) is 15.3. The number of hydrogen-bond acceptors (Lipinski definition) is 3. The third kappa shape index (κ3) is 6.26. The van der Waals surface area contributed by atoms with Gasteiger partial charge in [-0.25, -0.2) is 4.79 Å². The first kappa shape index (κ1) is 16.8. The lowest BCUT2D eigenvalue weighted by Gasteiger charge is -2.29. The van der Waals surface area contributed by atoms with Gasteiger partial charge >= 0.3 is 6.09 Å². The van der Waals surface area contributed by atoms with Crippen LogP contribution in [0.15, 0.2) is 0 Å². The third-order valence-corrected chi connectivity index (χ3v) is 3.25. The van der Waals surface area contributed by atoms with Gasteiger partial charge in [0, 0.05) is 18.0 Å². The largest absolute Gasteiger partial charge is 0.444 e. The highest BCUT2D eigenvalue weighted by molar-refractivity contribution is 5.79. The number of hydrogen-bond donors (Lipinski definition) is 2. The van der Waals surface area contributed by atoms with Gasteiger partial charge in [0.15, 0.2) is 0 Å². The van der Waals surface area contributed by atoms with Crippen LogP contribution >= 0.6 is 0 Å². The number of nitrogens with one attached hydrogen (secondary N) is 2. The lowest BCUT2D eigenvalue weighted by Crippen LogP contribution is -2.43. The average molecular weight is 284 g/mol. The molecule has 0 unspecified atom stereocenters. The molecule has 0 radical (unpaired) electrons. The zero-order valence-electron chi connectivity index (χ0n) is 13.3. The molecule has 2 N–H and O–H groups in total. The summed E-state index contributed by atoms with van der Waals surface area (Å²) in [5.41, 5.74) is -0.474. The predicted octanol–water partition coefficient (Wildman–Crippen LogP) is 2.59. The van der Waals surface area contributed by atoms with Crippen LogP contribution in [0.4, 0.5) is 4.79 Å². The van der Waals surface area contributed by atoms with E-state index in [1.54, 1.807) is 0 Å². The molecule has 1 saturated carbocycles. The highest BCUT2D eigenvalue weighted by atomic mass is 16.6. The Balaban J connectivity index is 2.32. The van der Waals surface area contributed by atoms with Crippen molar-refractivity contribution in [2.45, 2.75) is 78.0 Å². The molecule has 0 aromatic heterocycles. The van der Waals surface area contributed by atoms with E-state index in [2.05, 4.69) is 10.6 Å². The average Bonchev–Trinajstić information content (AvgIpc) is 2.26. The van der Waals surface area contributed by atoms with Gasteiger partial charge in [0.1, 0.15) is 5.60 Å².